The van der Waals surface area contributed by atoms with Gasteiger partial charge < -0.3 is 4.74 Å². The Hall–Kier alpha value is -6.83. The fourth-order valence-electron chi connectivity index (χ4n) is 8.02. The number of halogens is 3. The first-order chi connectivity index (χ1) is 35.1. The molecule has 3 nitrogen and oxygen atoms in total. The lowest BCUT2D eigenvalue weighted by atomic mass is 9.74. The molecule has 0 saturated heterocycles. The number of benzene rings is 8. The minimum Gasteiger partial charge on any atom is -0.457 e. The number of rotatable bonds is 8. The van der Waals surface area contributed by atoms with Crippen molar-refractivity contribution < 1.29 is 26.9 Å². The van der Waals surface area contributed by atoms with Gasteiger partial charge in [-0.1, -0.05) is 84.9 Å². The average molecular weight is 1030 g/mol. The highest BCUT2D eigenvalue weighted by atomic mass is 32.2. The number of carbonyl (C=O) groups excluding carboxylic acids is 1. The predicted octanol–water partition coefficient (Wildman–Crippen LogP) is 18.7. The van der Waals surface area contributed by atoms with Crippen LogP contribution in [0.15, 0.2) is 155 Å². The molecule has 0 bridgehead atoms. The van der Waals surface area contributed by atoms with E-state index in [4.69, 9.17) is 4.74 Å². The van der Waals surface area contributed by atoms with Gasteiger partial charge in [0.05, 0.1) is 10.8 Å². The molecule has 0 unspecified atom stereocenters. The molecule has 0 saturated carbocycles. The van der Waals surface area contributed by atoms with Gasteiger partial charge in [0.25, 0.3) is 0 Å². The van der Waals surface area contributed by atoms with E-state index in [2.05, 4.69) is 93.5 Å². The minimum absolute atomic E-state index is 0.0983. The van der Waals surface area contributed by atoms with Crippen LogP contribution < -0.4 is 4.74 Å². The number of aryl methyl sites for hydroxylation is 16. The van der Waals surface area contributed by atoms with Crippen molar-refractivity contribution >= 4 is 16.6 Å². The monoisotopic (exact) mass is 1030 g/mol. The second-order valence-electron chi connectivity index (χ2n) is 20.5. The molecule has 8 aromatic rings. The van der Waals surface area contributed by atoms with Crippen LogP contribution in [-0.2, 0) is 16.2 Å². The van der Waals surface area contributed by atoms with Crippen molar-refractivity contribution in [2.45, 2.75) is 139 Å². The maximum Gasteiger partial charge on any atom is 0.402 e. The molecular formula is C68H75F3O3S. The Morgan fingerprint density at radius 3 is 0.893 bits per heavy atom. The third kappa shape index (κ3) is 14.9. The number of ether oxygens (including phenoxy) is 1. The zero-order chi connectivity index (χ0) is 55.7. The molecule has 0 aromatic heterocycles. The van der Waals surface area contributed by atoms with Crippen LogP contribution in [0.3, 0.4) is 0 Å². The first-order valence-electron chi connectivity index (χ1n) is 25.4. The van der Waals surface area contributed by atoms with Gasteiger partial charge in [-0.05, 0) is 279 Å². The maximum atomic E-state index is 13.9. The third-order valence-corrected chi connectivity index (χ3v) is 16.2. The summed E-state index contributed by atoms with van der Waals surface area (Å²) in [6.45, 7) is 33.6. The van der Waals surface area contributed by atoms with Gasteiger partial charge >= 0.3 is 6.18 Å². The molecule has 8 rings (SSSR count). The summed E-state index contributed by atoms with van der Waals surface area (Å²) in [5.74, 6) is 1.90. The molecule has 0 N–H and O–H groups in total. The van der Waals surface area contributed by atoms with Gasteiger partial charge in [0.15, 0.2) is 5.78 Å². The van der Waals surface area contributed by atoms with Crippen molar-refractivity contribution in [2.24, 2.45) is 0 Å². The molecule has 7 heteroatoms. The topological polar surface area (TPSA) is 43.4 Å². The summed E-state index contributed by atoms with van der Waals surface area (Å²) in [6.07, 6.45) is -4.36. The molecule has 0 aliphatic rings. The van der Waals surface area contributed by atoms with Gasteiger partial charge in [0.2, 0.25) is 0 Å². The van der Waals surface area contributed by atoms with E-state index in [9.17, 15) is 22.2 Å². The normalized spacial score (nSPS) is 11.2. The molecule has 0 aliphatic heterocycles. The molecule has 0 aliphatic carbocycles. The van der Waals surface area contributed by atoms with E-state index in [1.807, 2.05) is 126 Å². The van der Waals surface area contributed by atoms with E-state index in [1.165, 1.54) is 62.6 Å². The molecule has 0 radical (unpaired) electrons. The molecule has 392 valence electrons. The molecule has 0 amide bonds. The fourth-order valence-corrected chi connectivity index (χ4v) is 9.24. The Bertz CT molecular complexity index is 3040. The average Bonchev–Trinajstić information content (AvgIpc) is 3.36. The van der Waals surface area contributed by atoms with Gasteiger partial charge in [0.1, 0.15) is 16.9 Å². The SMILES string of the molecule is Cc1ccc(C(=O)c2ccc(C)c(C)c2)cc1C.Cc1ccc(C(C)(c2ccc(C)c(C)c2)C(F)(F)F)cc1C.Cc1ccc(Oc2ccc(C)c(C)c2)cc1C.Cc1ccc(S(=O)c2ccc(C)c(C)c2)cc1C. The number of ketones is 1. The first-order valence-corrected chi connectivity index (χ1v) is 26.6. The van der Waals surface area contributed by atoms with Crippen molar-refractivity contribution in [1.29, 1.82) is 0 Å². The summed E-state index contributed by atoms with van der Waals surface area (Å²) in [5.41, 5.74) is 18.5. The van der Waals surface area contributed by atoms with Gasteiger partial charge in [0, 0.05) is 20.9 Å². The lowest BCUT2D eigenvalue weighted by molar-refractivity contribution is -0.173. The molecule has 0 heterocycles. The van der Waals surface area contributed by atoms with E-state index >= 15 is 0 Å². The van der Waals surface area contributed by atoms with E-state index in [0.29, 0.717) is 0 Å². The summed E-state index contributed by atoms with van der Waals surface area (Å²) in [7, 11) is -1.08. The fraction of sp³-hybridized carbons (Fsp3) is 0.279. The van der Waals surface area contributed by atoms with Gasteiger partial charge in [-0.3, -0.25) is 4.79 Å². The summed E-state index contributed by atoms with van der Waals surface area (Å²) >= 11 is 0. The predicted molar refractivity (Wildman–Crippen MR) is 308 cm³/mol. The van der Waals surface area contributed by atoms with Crippen LogP contribution in [0.5, 0.6) is 11.5 Å². The van der Waals surface area contributed by atoms with Crippen molar-refractivity contribution in [2.75, 3.05) is 0 Å². The van der Waals surface area contributed by atoms with Crippen molar-refractivity contribution in [3.63, 3.8) is 0 Å². The van der Waals surface area contributed by atoms with Gasteiger partial charge in [-0.2, -0.15) is 13.2 Å². The standard InChI is InChI=1S/C19H21F3.C17H18O.C16H18OS.C16H18O/c1-12-6-8-16(10-14(12)3)18(5,19(20,21)22)17-9-7-13(2)15(4)11-17;1-11-5-7-15(9-13(11)3)17(18)16-8-6-12(2)14(4)10-16;1-11-5-7-15(9-13(11)3)18(17)16-8-6-12(2)14(4)10-16;1-11-5-7-15(9-13(11)3)17-16-8-6-12(2)14(4)10-16/h6-11H,1-5H3;2*5-10H,1-4H3;5-10H,1-4H3. The van der Waals surface area contributed by atoms with Crippen LogP contribution >= 0.6 is 0 Å². The smallest absolute Gasteiger partial charge is 0.402 e. The van der Waals surface area contributed by atoms with Crippen LogP contribution in [0.1, 0.15) is 123 Å². The second-order valence-corrected chi connectivity index (χ2v) is 22.0. The largest absolute Gasteiger partial charge is 0.457 e. The quantitative estimate of drug-likeness (QED) is 0.142. The van der Waals surface area contributed by atoms with Crippen molar-refractivity contribution in [3.05, 3.63) is 257 Å². The Kier molecular flexibility index (Phi) is 19.8. The van der Waals surface area contributed by atoms with E-state index in [-0.39, 0.29) is 16.9 Å². The first kappa shape index (κ1) is 59.1. The second kappa shape index (κ2) is 25.1. The van der Waals surface area contributed by atoms with Crippen LogP contribution in [-0.4, -0.2) is 16.2 Å². The van der Waals surface area contributed by atoms with Crippen LogP contribution in [0, 0.1) is 111 Å². The van der Waals surface area contributed by atoms with Crippen LogP contribution in [0.25, 0.3) is 0 Å². The van der Waals surface area contributed by atoms with Crippen LogP contribution in [0.4, 0.5) is 13.2 Å². The summed E-state index contributed by atoms with van der Waals surface area (Å²) < 4.78 is 60.2. The third-order valence-electron chi connectivity index (χ3n) is 14.9. The highest BCUT2D eigenvalue weighted by molar-refractivity contribution is 7.85. The Morgan fingerprint density at radius 1 is 0.347 bits per heavy atom. The van der Waals surface area contributed by atoms with Crippen molar-refractivity contribution in [1.82, 2.24) is 0 Å². The minimum atomic E-state index is -4.36. The van der Waals surface area contributed by atoms with E-state index in [1.54, 1.807) is 36.4 Å². The summed E-state index contributed by atoms with van der Waals surface area (Å²) in [6, 6.07) is 46.1. The van der Waals surface area contributed by atoms with E-state index < -0.39 is 22.4 Å². The number of hydrogen-bond acceptors (Lipinski definition) is 3. The summed E-state index contributed by atoms with van der Waals surface area (Å²) in [4.78, 5) is 14.1. The Labute approximate surface area is 448 Å². The van der Waals surface area contributed by atoms with Gasteiger partial charge in [-0.15, -0.1) is 0 Å². The Morgan fingerprint density at radius 2 is 0.613 bits per heavy atom. The molecule has 8 aromatic carbocycles. The van der Waals surface area contributed by atoms with E-state index in [0.717, 1.165) is 65.8 Å². The maximum absolute atomic E-state index is 13.9. The lowest BCUT2D eigenvalue weighted by Crippen LogP contribution is -2.40. The van der Waals surface area contributed by atoms with Gasteiger partial charge in [-0.25, -0.2) is 4.21 Å². The van der Waals surface area contributed by atoms with Crippen molar-refractivity contribution in [3.8, 4) is 11.5 Å². The van der Waals surface area contributed by atoms with Crippen LogP contribution in [0.2, 0.25) is 0 Å². The highest BCUT2D eigenvalue weighted by Crippen LogP contribution is 2.47. The zero-order valence-electron chi connectivity index (χ0n) is 47.1. The molecule has 0 spiro atoms. The molecule has 75 heavy (non-hydrogen) atoms. The summed E-state index contributed by atoms with van der Waals surface area (Å²) in [5, 5.41) is 0. The Balaban J connectivity index is 0.000000186. The number of alkyl halides is 3. The number of carbonyl (C=O) groups is 1. The highest BCUT2D eigenvalue weighted by Gasteiger charge is 2.53. The molecule has 0 fully saturated rings. The lowest BCUT2D eigenvalue weighted by Gasteiger charge is -2.34. The molecular weight excluding hydrogens is 954 g/mol. The number of hydrogen-bond donors (Lipinski definition) is 0. The zero-order valence-corrected chi connectivity index (χ0v) is 47.9. The molecule has 0 atom stereocenters.